The molecule has 3 aliphatic rings. The number of benzene rings is 2. The van der Waals surface area contributed by atoms with Gasteiger partial charge in [-0.15, -0.1) is 24.9 Å². The lowest BCUT2D eigenvalue weighted by atomic mass is 9.71. The van der Waals surface area contributed by atoms with E-state index < -0.39 is 34.6 Å². The number of aryl methyl sites for hydroxylation is 2. The van der Waals surface area contributed by atoms with Crippen LogP contribution in [0, 0.1) is 25.7 Å². The zero-order valence-electron chi connectivity index (χ0n) is 24.7. The van der Waals surface area contributed by atoms with Gasteiger partial charge in [-0.1, -0.05) is 76.6 Å². The molecule has 3 saturated heterocycles. The van der Waals surface area contributed by atoms with Crippen LogP contribution in [0.25, 0.3) is 0 Å². The Morgan fingerprint density at radius 3 is 2.49 bits per heavy atom. The van der Waals surface area contributed by atoms with E-state index >= 15 is 4.79 Å². The molecule has 0 aromatic heterocycles. The number of allylic oxidation sites excluding steroid dienone is 1. The molecule has 1 N–H and O–H groups in total. The number of likely N-dealkylation sites (tertiary alicyclic amines) is 1. The number of fused-ring (bicyclic) bond motifs is 1. The van der Waals surface area contributed by atoms with E-state index in [4.69, 9.17) is 4.74 Å². The van der Waals surface area contributed by atoms with Crippen molar-refractivity contribution in [1.29, 1.82) is 0 Å². The molecule has 1 spiro atoms. The molecule has 2 aromatic rings. The van der Waals surface area contributed by atoms with Crippen molar-refractivity contribution in [2.75, 3.05) is 24.7 Å². The summed E-state index contributed by atoms with van der Waals surface area (Å²) in [5.74, 6) is -2.39. The Kier molecular flexibility index (Phi) is 9.54. The Morgan fingerprint density at radius 2 is 1.86 bits per heavy atom. The van der Waals surface area contributed by atoms with E-state index in [2.05, 4.69) is 29.1 Å². The quantitative estimate of drug-likeness (QED) is 0.139. The normalized spacial score (nSPS) is 28.0. The largest absolute Gasteiger partial charge is 0.465 e. The van der Waals surface area contributed by atoms with E-state index in [1.165, 1.54) is 0 Å². The summed E-state index contributed by atoms with van der Waals surface area (Å²) in [5.41, 5.74) is 3.38. The van der Waals surface area contributed by atoms with Gasteiger partial charge in [0.15, 0.2) is 0 Å². The highest BCUT2D eigenvalue weighted by Crippen LogP contribution is 2.68. The molecule has 0 aliphatic carbocycles. The van der Waals surface area contributed by atoms with Crippen LogP contribution in [0.15, 0.2) is 73.8 Å². The van der Waals surface area contributed by atoms with E-state index in [1.54, 1.807) is 33.7 Å². The van der Waals surface area contributed by atoms with Crippen LogP contribution in [0.1, 0.15) is 42.0 Å². The number of para-hydroxylation sites is 1. The Labute approximate surface area is 266 Å². The molecule has 3 fully saturated rings. The minimum atomic E-state index is -0.921. The van der Waals surface area contributed by atoms with Gasteiger partial charge in [0.2, 0.25) is 5.91 Å². The number of alkyl halides is 1. The van der Waals surface area contributed by atoms with E-state index in [1.807, 2.05) is 62.4 Å². The van der Waals surface area contributed by atoms with Gasteiger partial charge in [-0.05, 0) is 49.8 Å². The maximum atomic E-state index is 15.0. The Bertz CT molecular complexity index is 1380. The summed E-state index contributed by atoms with van der Waals surface area (Å²) in [6.07, 6.45) is 5.38. The molecule has 7 atom stereocenters. The predicted octanol–water partition coefficient (Wildman–Crippen LogP) is 5.53. The summed E-state index contributed by atoms with van der Waals surface area (Å²) in [6, 6.07) is 13.5. The van der Waals surface area contributed by atoms with Crippen LogP contribution in [0.4, 0.5) is 5.69 Å². The summed E-state index contributed by atoms with van der Waals surface area (Å²) in [5, 5.41) is 10.6. The highest BCUT2D eigenvalue weighted by molar-refractivity contribution is 9.09. The molecule has 3 heterocycles. The molecule has 43 heavy (non-hydrogen) atoms. The van der Waals surface area contributed by atoms with Gasteiger partial charge in [-0.2, -0.15) is 0 Å². The second-order valence-corrected chi connectivity index (χ2v) is 14.3. The van der Waals surface area contributed by atoms with Gasteiger partial charge >= 0.3 is 5.97 Å². The lowest BCUT2D eigenvalue weighted by molar-refractivity contribution is -0.154. The molecule has 0 saturated carbocycles. The average Bonchev–Trinajstić information content (AvgIpc) is 3.59. The third-order valence-electron chi connectivity index (χ3n) is 9.01. The van der Waals surface area contributed by atoms with Crippen LogP contribution in [-0.2, 0) is 19.1 Å². The van der Waals surface area contributed by atoms with Gasteiger partial charge in [-0.3, -0.25) is 14.4 Å². The van der Waals surface area contributed by atoms with E-state index in [9.17, 15) is 14.7 Å². The number of carbonyl (C=O) groups is 3. The van der Waals surface area contributed by atoms with Crippen molar-refractivity contribution in [2.24, 2.45) is 11.8 Å². The second kappa shape index (κ2) is 13.0. The zero-order chi connectivity index (χ0) is 30.9. The number of aliphatic hydroxyl groups is 1. The fourth-order valence-corrected chi connectivity index (χ4v) is 10.9. The van der Waals surface area contributed by atoms with Crippen LogP contribution < -0.4 is 4.90 Å². The average molecular weight is 668 g/mol. The maximum absolute atomic E-state index is 15.0. The lowest BCUT2D eigenvalue weighted by Crippen LogP contribution is -2.56. The van der Waals surface area contributed by atoms with E-state index in [0.717, 1.165) is 28.8 Å². The second-order valence-electron chi connectivity index (χ2n) is 11.6. The number of amides is 2. The molecule has 2 amide bonds. The molecule has 9 heteroatoms. The number of carbonyl (C=O) groups excluding carboxylic acids is 3. The topological polar surface area (TPSA) is 87.1 Å². The number of rotatable bonds is 12. The van der Waals surface area contributed by atoms with Gasteiger partial charge in [0.05, 0.1) is 35.8 Å². The molecule has 2 bridgehead atoms. The van der Waals surface area contributed by atoms with Crippen molar-refractivity contribution in [3.05, 3.63) is 90.5 Å². The van der Waals surface area contributed by atoms with Gasteiger partial charge in [0, 0.05) is 22.3 Å². The highest BCUT2D eigenvalue weighted by atomic mass is 79.9. The van der Waals surface area contributed by atoms with Gasteiger partial charge in [0.1, 0.15) is 6.04 Å². The monoisotopic (exact) mass is 666 g/mol. The van der Waals surface area contributed by atoms with Crippen molar-refractivity contribution in [2.45, 2.75) is 60.0 Å². The molecule has 2 aromatic carbocycles. The number of esters is 1. The van der Waals surface area contributed by atoms with Crippen molar-refractivity contribution in [3.63, 3.8) is 0 Å². The summed E-state index contributed by atoms with van der Waals surface area (Å²) in [6.45, 7) is 11.7. The number of hydrogen-bond donors (Lipinski definition) is 1. The predicted molar refractivity (Wildman–Crippen MR) is 174 cm³/mol. The highest BCUT2D eigenvalue weighted by Gasteiger charge is 2.76. The zero-order valence-corrected chi connectivity index (χ0v) is 27.1. The Morgan fingerprint density at radius 1 is 1.16 bits per heavy atom. The summed E-state index contributed by atoms with van der Waals surface area (Å²) in [7, 11) is 0. The van der Waals surface area contributed by atoms with Crippen LogP contribution in [0.2, 0.25) is 0 Å². The SMILES string of the molecule is C=CCCCOC(=O)[C@H]1[C@H]2C(=O)N([C@H](CO)c3ccccc3)C(C(=O)N(CC=C)c3c(C)cccc3C)C23CC(Br)[C@@H]1S3. The molecule has 5 rings (SSSR count). The molecule has 3 aliphatic heterocycles. The molecule has 0 radical (unpaired) electrons. The van der Waals surface area contributed by atoms with E-state index in [0.29, 0.717) is 12.8 Å². The fraction of sp³-hybridized carbons (Fsp3) is 0.441. The third-order valence-corrected chi connectivity index (χ3v) is 12.2. The smallest absolute Gasteiger partial charge is 0.310 e. The molecule has 228 valence electrons. The minimum absolute atomic E-state index is 0.0834. The standard InChI is InChI=1S/C34H39BrN2O5S/c1-5-7-11-18-42-33(41)26-27-31(39)37(25(20-38)23-15-9-8-10-16-23)30(34(27)19-24(35)29(26)43-34)32(40)36(17-6-2)28-21(3)13-12-14-22(28)4/h5-6,8-10,12-16,24-27,29-30,38H,1-2,7,11,17-20H2,3-4H3/t24?,25-,26+,27+,29+,30?,34?/m1/s1. The fourth-order valence-electron chi connectivity index (χ4n) is 7.28. The molecular formula is C34H39BrN2O5S. The molecule has 3 unspecified atom stereocenters. The molecular weight excluding hydrogens is 628 g/mol. The van der Waals surface area contributed by atoms with Crippen LogP contribution >= 0.6 is 27.7 Å². The lowest BCUT2D eigenvalue weighted by Gasteiger charge is -2.40. The number of ether oxygens (including phenoxy) is 1. The first-order valence-corrected chi connectivity index (χ1v) is 16.6. The number of unbranched alkanes of at least 4 members (excludes halogenated alkanes) is 1. The summed E-state index contributed by atoms with van der Waals surface area (Å²) < 4.78 is 4.84. The number of hydrogen-bond acceptors (Lipinski definition) is 6. The van der Waals surface area contributed by atoms with Crippen LogP contribution in [-0.4, -0.2) is 68.4 Å². The Balaban J connectivity index is 1.63. The first kappa shape index (κ1) is 31.5. The van der Waals surface area contributed by atoms with Crippen LogP contribution in [0.5, 0.6) is 0 Å². The van der Waals surface area contributed by atoms with Gasteiger partial charge in [0.25, 0.3) is 5.91 Å². The molecule has 7 nitrogen and oxygen atoms in total. The van der Waals surface area contributed by atoms with E-state index in [-0.39, 0.29) is 41.6 Å². The van der Waals surface area contributed by atoms with Crippen molar-refractivity contribution in [3.8, 4) is 0 Å². The summed E-state index contributed by atoms with van der Waals surface area (Å²) >= 11 is 5.38. The van der Waals surface area contributed by atoms with Crippen molar-refractivity contribution < 1.29 is 24.2 Å². The first-order valence-electron chi connectivity index (χ1n) is 14.8. The Hall–Kier alpha value is -2.88. The van der Waals surface area contributed by atoms with Crippen LogP contribution in [0.3, 0.4) is 0 Å². The number of thioether (sulfide) groups is 1. The number of nitrogens with zero attached hydrogens (tertiary/aromatic N) is 2. The van der Waals surface area contributed by atoms with Crippen molar-refractivity contribution in [1.82, 2.24) is 4.90 Å². The number of halogens is 1. The number of anilines is 1. The van der Waals surface area contributed by atoms with Crippen molar-refractivity contribution >= 4 is 51.2 Å². The minimum Gasteiger partial charge on any atom is -0.465 e. The third kappa shape index (κ3) is 5.38. The van der Waals surface area contributed by atoms with Gasteiger partial charge < -0.3 is 19.6 Å². The first-order chi connectivity index (χ1) is 20.7. The number of aliphatic hydroxyl groups excluding tert-OH is 1. The maximum Gasteiger partial charge on any atom is 0.310 e. The van der Waals surface area contributed by atoms with Gasteiger partial charge in [-0.25, -0.2) is 0 Å². The summed E-state index contributed by atoms with van der Waals surface area (Å²) in [4.78, 5) is 46.6.